The number of H-pyrrole nitrogens is 1. The number of nitrogens with one attached hydrogen (secondary N) is 2. The van der Waals surface area contributed by atoms with E-state index >= 15 is 0 Å². The van der Waals surface area contributed by atoms with Crippen molar-refractivity contribution < 1.29 is 14.3 Å². The van der Waals surface area contributed by atoms with Crippen molar-refractivity contribution in [1.29, 1.82) is 0 Å². The Morgan fingerprint density at radius 2 is 2.03 bits per heavy atom. The molecule has 170 valence electrons. The van der Waals surface area contributed by atoms with Gasteiger partial charge >= 0.3 is 6.09 Å². The molecule has 4 rings (SSSR count). The lowest BCUT2D eigenvalue weighted by atomic mass is 10.0. The first-order chi connectivity index (χ1) is 15.4. The van der Waals surface area contributed by atoms with Gasteiger partial charge in [0.25, 0.3) is 0 Å². The zero-order valence-electron chi connectivity index (χ0n) is 18.7. The molecule has 32 heavy (non-hydrogen) atoms. The summed E-state index contributed by atoms with van der Waals surface area (Å²) in [6, 6.07) is 6.04. The number of ether oxygens (including phenoxy) is 2. The molecular formula is C22H29N7O3. The number of fused-ring (bicyclic) bond motifs is 1. The third-order valence-electron chi connectivity index (χ3n) is 5.10. The van der Waals surface area contributed by atoms with Crippen molar-refractivity contribution >= 4 is 22.8 Å². The van der Waals surface area contributed by atoms with E-state index in [4.69, 9.17) is 9.47 Å². The lowest BCUT2D eigenvalue weighted by molar-refractivity contribution is 0.0317. The van der Waals surface area contributed by atoms with Crippen molar-refractivity contribution in [2.45, 2.75) is 45.3 Å². The van der Waals surface area contributed by atoms with Gasteiger partial charge in [-0.25, -0.2) is 4.79 Å². The zero-order valence-corrected chi connectivity index (χ0v) is 18.7. The number of unbranched alkanes of at least 4 members (excludes halogenated alkanes) is 1. The summed E-state index contributed by atoms with van der Waals surface area (Å²) in [6.07, 6.45) is 4.95. The molecule has 0 radical (unpaired) electrons. The van der Waals surface area contributed by atoms with E-state index in [-0.39, 0.29) is 12.2 Å². The first-order valence-electron chi connectivity index (χ1n) is 10.8. The summed E-state index contributed by atoms with van der Waals surface area (Å²) in [5.74, 6) is 0. The topological polar surface area (TPSA) is 118 Å². The van der Waals surface area contributed by atoms with E-state index < -0.39 is 5.60 Å². The van der Waals surface area contributed by atoms with E-state index in [9.17, 15) is 4.79 Å². The second kappa shape index (κ2) is 9.47. The molecule has 0 spiro atoms. The summed E-state index contributed by atoms with van der Waals surface area (Å²) in [5, 5.41) is 21.9. The van der Waals surface area contributed by atoms with Crippen LogP contribution in [0, 0.1) is 0 Å². The summed E-state index contributed by atoms with van der Waals surface area (Å²) in [4.78, 5) is 13.9. The van der Waals surface area contributed by atoms with Crippen LogP contribution < -0.4 is 10.2 Å². The van der Waals surface area contributed by atoms with Crippen molar-refractivity contribution in [3.8, 4) is 11.1 Å². The second-order valence-corrected chi connectivity index (χ2v) is 8.85. The number of hydrogen-bond donors (Lipinski definition) is 2. The number of alkyl carbamates (subject to hydrolysis) is 1. The van der Waals surface area contributed by atoms with Gasteiger partial charge in [-0.05, 0) is 57.4 Å². The molecule has 0 saturated carbocycles. The molecule has 1 saturated heterocycles. The number of carbonyl (C=O) groups is 1. The van der Waals surface area contributed by atoms with Crippen molar-refractivity contribution in [2.75, 3.05) is 31.1 Å². The molecule has 10 nitrogen and oxygen atoms in total. The molecule has 1 aliphatic rings. The van der Waals surface area contributed by atoms with Crippen LogP contribution in [0.15, 0.2) is 30.6 Å². The van der Waals surface area contributed by atoms with Crippen LogP contribution in [0.4, 0.5) is 10.5 Å². The third kappa shape index (κ3) is 5.50. The molecule has 10 heteroatoms. The van der Waals surface area contributed by atoms with Gasteiger partial charge in [0.1, 0.15) is 16.6 Å². The Balaban J connectivity index is 1.23. The van der Waals surface area contributed by atoms with Gasteiger partial charge in [0, 0.05) is 31.8 Å². The highest BCUT2D eigenvalue weighted by atomic mass is 16.6. The lowest BCUT2D eigenvalue weighted by Gasteiger charge is -2.40. The van der Waals surface area contributed by atoms with Gasteiger partial charge in [-0.2, -0.15) is 25.6 Å². The number of amides is 1. The van der Waals surface area contributed by atoms with Crippen LogP contribution in [0.1, 0.15) is 33.6 Å². The highest BCUT2D eigenvalue weighted by molar-refractivity contribution is 5.93. The van der Waals surface area contributed by atoms with Crippen molar-refractivity contribution in [2.24, 2.45) is 0 Å². The van der Waals surface area contributed by atoms with E-state index in [0.29, 0.717) is 13.2 Å². The Hall–Kier alpha value is -3.27. The van der Waals surface area contributed by atoms with Crippen LogP contribution in [-0.2, 0) is 9.47 Å². The van der Waals surface area contributed by atoms with Crippen LogP contribution >= 0.6 is 0 Å². The number of benzene rings is 1. The molecule has 3 aromatic rings. The van der Waals surface area contributed by atoms with Crippen LogP contribution in [-0.4, -0.2) is 69.6 Å². The number of nitrogens with zero attached hydrogens (tertiary/aromatic N) is 5. The van der Waals surface area contributed by atoms with E-state index in [1.165, 1.54) is 0 Å². The number of aromatic nitrogens is 5. The SMILES string of the molecule is CC(C)(C)OC(=O)NCCCCOC1CN(c2cc(-c3ccnnc3)cc3n[nH]nc23)C1. The summed E-state index contributed by atoms with van der Waals surface area (Å²) < 4.78 is 11.2. The molecule has 0 atom stereocenters. The van der Waals surface area contributed by atoms with Gasteiger partial charge < -0.3 is 19.7 Å². The first kappa shape index (κ1) is 21.9. The molecule has 2 N–H and O–H groups in total. The maximum atomic E-state index is 11.6. The van der Waals surface area contributed by atoms with Gasteiger partial charge in [0.15, 0.2) is 0 Å². The van der Waals surface area contributed by atoms with Crippen molar-refractivity contribution in [3.05, 3.63) is 30.6 Å². The summed E-state index contributed by atoms with van der Waals surface area (Å²) in [7, 11) is 0. The monoisotopic (exact) mass is 439 g/mol. The largest absolute Gasteiger partial charge is 0.444 e. The maximum absolute atomic E-state index is 11.6. The Morgan fingerprint density at radius 3 is 2.78 bits per heavy atom. The van der Waals surface area contributed by atoms with Crippen LogP contribution in [0.25, 0.3) is 22.2 Å². The fourth-order valence-electron chi connectivity index (χ4n) is 3.52. The molecule has 0 bridgehead atoms. The quantitative estimate of drug-likeness (QED) is 0.515. The van der Waals surface area contributed by atoms with Crippen LogP contribution in [0.5, 0.6) is 0 Å². The predicted molar refractivity (Wildman–Crippen MR) is 120 cm³/mol. The standard InChI is InChI=1S/C22H29N7O3/c1-22(2,3)32-21(30)23-7-4-5-9-31-17-13-29(14-17)19-11-16(15-6-8-24-25-12-15)10-18-20(19)27-28-26-18/h6,8,10-12,17H,4-5,7,9,13-14H2,1-3H3,(H,23,30)(H,26,27,28). The fourth-order valence-corrected chi connectivity index (χ4v) is 3.52. The molecule has 0 unspecified atom stereocenters. The number of anilines is 1. The van der Waals surface area contributed by atoms with Gasteiger partial charge in [-0.3, -0.25) is 0 Å². The van der Waals surface area contributed by atoms with Gasteiger partial charge in [-0.15, -0.1) is 0 Å². The van der Waals surface area contributed by atoms with Crippen LogP contribution in [0.2, 0.25) is 0 Å². The minimum absolute atomic E-state index is 0.182. The van der Waals surface area contributed by atoms with E-state index in [1.807, 2.05) is 32.9 Å². The molecule has 1 fully saturated rings. The van der Waals surface area contributed by atoms with E-state index in [2.05, 4.69) is 41.9 Å². The normalized spacial score (nSPS) is 14.4. The Kier molecular flexibility index (Phi) is 6.50. The second-order valence-electron chi connectivity index (χ2n) is 8.85. The molecule has 1 aliphatic heterocycles. The number of rotatable bonds is 8. The average Bonchev–Trinajstić information content (AvgIpc) is 3.19. The van der Waals surface area contributed by atoms with E-state index in [0.717, 1.165) is 53.8 Å². The minimum atomic E-state index is -0.477. The zero-order chi connectivity index (χ0) is 22.6. The maximum Gasteiger partial charge on any atom is 0.407 e. The summed E-state index contributed by atoms with van der Waals surface area (Å²) in [5.41, 5.74) is 4.23. The molecule has 0 aliphatic carbocycles. The summed E-state index contributed by atoms with van der Waals surface area (Å²) in [6.45, 7) is 8.40. The lowest BCUT2D eigenvalue weighted by Crippen LogP contribution is -2.52. The molecule has 1 amide bonds. The highest BCUT2D eigenvalue weighted by Crippen LogP contribution is 2.33. The number of hydrogen-bond acceptors (Lipinski definition) is 8. The first-order valence-corrected chi connectivity index (χ1v) is 10.8. The Morgan fingerprint density at radius 1 is 1.19 bits per heavy atom. The van der Waals surface area contributed by atoms with Crippen LogP contribution in [0.3, 0.4) is 0 Å². The average molecular weight is 440 g/mol. The summed E-state index contributed by atoms with van der Waals surface area (Å²) >= 11 is 0. The van der Waals surface area contributed by atoms with Crippen molar-refractivity contribution in [1.82, 2.24) is 30.9 Å². The smallest absolute Gasteiger partial charge is 0.407 e. The number of aromatic amines is 1. The molecular weight excluding hydrogens is 410 g/mol. The fraction of sp³-hybridized carbons (Fsp3) is 0.500. The van der Waals surface area contributed by atoms with Gasteiger partial charge in [-0.1, -0.05) is 0 Å². The van der Waals surface area contributed by atoms with Gasteiger partial charge in [0.05, 0.1) is 24.2 Å². The Bertz CT molecular complexity index is 1040. The van der Waals surface area contributed by atoms with E-state index in [1.54, 1.807) is 12.4 Å². The molecule has 3 heterocycles. The minimum Gasteiger partial charge on any atom is -0.444 e. The molecule has 2 aromatic heterocycles. The molecule has 1 aromatic carbocycles. The van der Waals surface area contributed by atoms with Gasteiger partial charge in [0.2, 0.25) is 0 Å². The van der Waals surface area contributed by atoms with Crippen molar-refractivity contribution in [3.63, 3.8) is 0 Å². The third-order valence-corrected chi connectivity index (χ3v) is 5.10. The highest BCUT2D eigenvalue weighted by Gasteiger charge is 2.29. The number of carbonyl (C=O) groups excluding carboxylic acids is 1. The Labute approximate surface area is 186 Å². The predicted octanol–water partition coefficient (Wildman–Crippen LogP) is 2.93.